The molecule has 1 amide bonds. The molecule has 1 heterocycles. The highest BCUT2D eigenvalue weighted by Gasteiger charge is 2.31. The molecule has 3 aromatic rings. The standard InChI is InChI=1S/C24H28N4O4S/c1-14(2)21(24-26-22(27-32-24)17-8-9-17)25-23(29)18-10-12-19(13-11-18)33(30,31)28-20-7-5-6-15(3)16(20)4/h5-7,10-14,17,21,28H,8-9H2,1-4H3,(H,25,29). The maximum Gasteiger partial charge on any atom is 0.261 e. The number of nitrogens with zero attached hydrogens (tertiary/aromatic N) is 2. The van der Waals surface area contributed by atoms with E-state index in [2.05, 4.69) is 20.2 Å². The first-order chi connectivity index (χ1) is 15.7. The van der Waals surface area contributed by atoms with Crippen LogP contribution in [-0.4, -0.2) is 24.5 Å². The largest absolute Gasteiger partial charge is 0.340 e. The van der Waals surface area contributed by atoms with E-state index in [0.717, 1.165) is 24.0 Å². The molecule has 0 spiro atoms. The van der Waals surface area contributed by atoms with Crippen LogP contribution in [0.25, 0.3) is 0 Å². The van der Waals surface area contributed by atoms with Crippen molar-refractivity contribution < 1.29 is 17.7 Å². The average molecular weight is 469 g/mol. The Kier molecular flexibility index (Phi) is 6.25. The molecule has 0 radical (unpaired) electrons. The first-order valence-corrected chi connectivity index (χ1v) is 12.5. The Morgan fingerprint density at radius 1 is 1.09 bits per heavy atom. The van der Waals surface area contributed by atoms with Gasteiger partial charge in [0.1, 0.15) is 6.04 Å². The summed E-state index contributed by atoms with van der Waals surface area (Å²) in [6, 6.07) is 10.8. The Labute approximate surface area is 193 Å². The van der Waals surface area contributed by atoms with Gasteiger partial charge >= 0.3 is 0 Å². The molecular weight excluding hydrogens is 440 g/mol. The summed E-state index contributed by atoms with van der Waals surface area (Å²) in [5.74, 6) is 1.12. The quantitative estimate of drug-likeness (QED) is 0.503. The summed E-state index contributed by atoms with van der Waals surface area (Å²) in [4.78, 5) is 17.4. The van der Waals surface area contributed by atoms with Gasteiger partial charge in [0, 0.05) is 11.5 Å². The number of amides is 1. The molecule has 4 rings (SSSR count). The first kappa shape index (κ1) is 23.0. The van der Waals surface area contributed by atoms with E-state index in [1.165, 1.54) is 24.3 Å². The van der Waals surface area contributed by atoms with E-state index in [4.69, 9.17) is 4.52 Å². The molecular formula is C24H28N4O4S. The van der Waals surface area contributed by atoms with Crippen molar-refractivity contribution in [2.45, 2.75) is 57.4 Å². The van der Waals surface area contributed by atoms with Crippen LogP contribution in [0.3, 0.4) is 0 Å². The van der Waals surface area contributed by atoms with Crippen LogP contribution in [0.4, 0.5) is 5.69 Å². The number of carbonyl (C=O) groups is 1. The molecule has 1 fully saturated rings. The fourth-order valence-electron chi connectivity index (χ4n) is 3.47. The minimum Gasteiger partial charge on any atom is -0.340 e. The lowest BCUT2D eigenvalue weighted by Gasteiger charge is -2.18. The predicted octanol–water partition coefficient (Wildman–Crippen LogP) is 4.49. The number of benzene rings is 2. The number of carbonyl (C=O) groups excluding carboxylic acids is 1. The van der Waals surface area contributed by atoms with Gasteiger partial charge in [0.25, 0.3) is 15.9 Å². The molecule has 1 saturated carbocycles. The number of rotatable bonds is 8. The summed E-state index contributed by atoms with van der Waals surface area (Å²) in [7, 11) is -3.79. The van der Waals surface area contributed by atoms with Crippen LogP contribution >= 0.6 is 0 Å². The van der Waals surface area contributed by atoms with Gasteiger partial charge in [-0.3, -0.25) is 9.52 Å². The van der Waals surface area contributed by atoms with Gasteiger partial charge in [-0.1, -0.05) is 31.1 Å². The molecule has 174 valence electrons. The highest BCUT2D eigenvalue weighted by molar-refractivity contribution is 7.92. The van der Waals surface area contributed by atoms with Crippen LogP contribution in [0.5, 0.6) is 0 Å². The molecule has 0 saturated heterocycles. The molecule has 0 aliphatic heterocycles. The molecule has 1 atom stereocenters. The predicted molar refractivity (Wildman–Crippen MR) is 124 cm³/mol. The van der Waals surface area contributed by atoms with Gasteiger partial charge in [-0.25, -0.2) is 8.42 Å². The Balaban J connectivity index is 1.48. The van der Waals surface area contributed by atoms with E-state index in [1.807, 2.05) is 33.8 Å². The fourth-order valence-corrected chi connectivity index (χ4v) is 4.59. The minimum atomic E-state index is -3.79. The van der Waals surface area contributed by atoms with Crippen molar-refractivity contribution >= 4 is 21.6 Å². The molecule has 1 aliphatic carbocycles. The van der Waals surface area contributed by atoms with Gasteiger partial charge in [-0.2, -0.15) is 4.98 Å². The molecule has 1 unspecified atom stereocenters. The summed E-state index contributed by atoms with van der Waals surface area (Å²) in [6.45, 7) is 7.70. The number of aromatic nitrogens is 2. The second-order valence-electron chi connectivity index (χ2n) is 8.84. The SMILES string of the molecule is Cc1cccc(NS(=O)(=O)c2ccc(C(=O)NC(c3nc(C4CC4)no3)C(C)C)cc2)c1C. The van der Waals surface area contributed by atoms with Crippen molar-refractivity contribution in [3.05, 3.63) is 70.9 Å². The molecule has 1 aromatic heterocycles. The molecule has 2 N–H and O–H groups in total. The highest BCUT2D eigenvalue weighted by atomic mass is 32.2. The lowest BCUT2D eigenvalue weighted by molar-refractivity contribution is 0.0914. The average Bonchev–Trinajstić information content (AvgIpc) is 3.52. The zero-order chi connectivity index (χ0) is 23.8. The van der Waals surface area contributed by atoms with E-state index < -0.39 is 16.1 Å². The zero-order valence-corrected chi connectivity index (χ0v) is 19.9. The molecule has 0 bridgehead atoms. The maximum absolute atomic E-state index is 12.9. The van der Waals surface area contributed by atoms with Crippen LogP contribution in [-0.2, 0) is 10.0 Å². The third kappa shape index (κ3) is 5.08. The first-order valence-electron chi connectivity index (χ1n) is 11.0. The number of hydrogen-bond donors (Lipinski definition) is 2. The smallest absolute Gasteiger partial charge is 0.261 e. The Morgan fingerprint density at radius 3 is 2.42 bits per heavy atom. The van der Waals surface area contributed by atoms with E-state index in [0.29, 0.717) is 28.9 Å². The lowest BCUT2D eigenvalue weighted by atomic mass is 10.0. The van der Waals surface area contributed by atoms with Crippen molar-refractivity contribution in [3.63, 3.8) is 0 Å². The number of sulfonamides is 1. The van der Waals surface area contributed by atoms with Crippen LogP contribution in [0, 0.1) is 19.8 Å². The van der Waals surface area contributed by atoms with E-state index >= 15 is 0 Å². The summed E-state index contributed by atoms with van der Waals surface area (Å²) in [5, 5.41) is 6.97. The molecule has 9 heteroatoms. The molecule has 33 heavy (non-hydrogen) atoms. The summed E-state index contributed by atoms with van der Waals surface area (Å²) in [5.41, 5.74) is 2.73. The molecule has 8 nitrogen and oxygen atoms in total. The molecule has 2 aromatic carbocycles. The Hall–Kier alpha value is -3.20. The number of hydrogen-bond acceptors (Lipinski definition) is 6. The van der Waals surface area contributed by atoms with Crippen LogP contribution in [0.2, 0.25) is 0 Å². The fraction of sp³-hybridized carbons (Fsp3) is 0.375. The van der Waals surface area contributed by atoms with Gasteiger partial charge in [-0.15, -0.1) is 0 Å². The van der Waals surface area contributed by atoms with Gasteiger partial charge in [-0.05, 0) is 74.1 Å². The third-order valence-corrected chi connectivity index (χ3v) is 7.28. The van der Waals surface area contributed by atoms with Crippen molar-refractivity contribution in [2.24, 2.45) is 5.92 Å². The van der Waals surface area contributed by atoms with Gasteiger partial charge < -0.3 is 9.84 Å². The monoisotopic (exact) mass is 468 g/mol. The van der Waals surface area contributed by atoms with Crippen LogP contribution in [0.15, 0.2) is 51.9 Å². The van der Waals surface area contributed by atoms with Gasteiger partial charge in [0.2, 0.25) is 5.89 Å². The van der Waals surface area contributed by atoms with Crippen LogP contribution < -0.4 is 10.0 Å². The Bertz CT molecular complexity index is 1260. The summed E-state index contributed by atoms with van der Waals surface area (Å²) >= 11 is 0. The second-order valence-corrected chi connectivity index (χ2v) is 10.5. The summed E-state index contributed by atoms with van der Waals surface area (Å²) < 4.78 is 33.7. The van der Waals surface area contributed by atoms with Crippen molar-refractivity contribution in [1.82, 2.24) is 15.5 Å². The highest BCUT2D eigenvalue weighted by Crippen LogP contribution is 2.38. The normalized spacial score (nSPS) is 14.8. The number of nitrogens with one attached hydrogen (secondary N) is 2. The van der Waals surface area contributed by atoms with Crippen molar-refractivity contribution in [3.8, 4) is 0 Å². The summed E-state index contributed by atoms with van der Waals surface area (Å²) in [6.07, 6.45) is 2.12. The Morgan fingerprint density at radius 2 is 1.79 bits per heavy atom. The maximum atomic E-state index is 12.9. The third-order valence-electron chi connectivity index (χ3n) is 5.90. The molecule has 1 aliphatic rings. The van der Waals surface area contributed by atoms with Gasteiger partial charge in [0.15, 0.2) is 5.82 Å². The van der Waals surface area contributed by atoms with E-state index in [9.17, 15) is 13.2 Å². The number of aryl methyl sites for hydroxylation is 1. The second kappa shape index (κ2) is 8.97. The topological polar surface area (TPSA) is 114 Å². The minimum absolute atomic E-state index is 0.0304. The lowest BCUT2D eigenvalue weighted by Crippen LogP contribution is -2.32. The van der Waals surface area contributed by atoms with Crippen molar-refractivity contribution in [2.75, 3.05) is 4.72 Å². The van der Waals surface area contributed by atoms with Crippen molar-refractivity contribution in [1.29, 1.82) is 0 Å². The van der Waals surface area contributed by atoms with Gasteiger partial charge in [0.05, 0.1) is 10.6 Å². The number of anilines is 1. The van der Waals surface area contributed by atoms with E-state index in [1.54, 1.807) is 12.1 Å². The zero-order valence-electron chi connectivity index (χ0n) is 19.1. The van der Waals surface area contributed by atoms with E-state index in [-0.39, 0.29) is 16.7 Å². The van der Waals surface area contributed by atoms with Crippen LogP contribution in [0.1, 0.15) is 71.8 Å².